The molecule has 0 radical (unpaired) electrons. The van der Waals surface area contributed by atoms with Gasteiger partial charge >= 0.3 is 0 Å². The molecule has 3 aromatic rings. The van der Waals surface area contributed by atoms with Crippen LogP contribution >= 0.6 is 0 Å². The van der Waals surface area contributed by atoms with Crippen molar-refractivity contribution in [3.63, 3.8) is 0 Å². The van der Waals surface area contributed by atoms with Gasteiger partial charge in [0.05, 0.1) is 12.3 Å². The number of rotatable bonds is 9. The van der Waals surface area contributed by atoms with Gasteiger partial charge in [0.15, 0.2) is 6.61 Å². The number of aryl methyl sites for hydroxylation is 1. The molecule has 1 saturated heterocycles. The van der Waals surface area contributed by atoms with Crippen LogP contribution in [0.15, 0.2) is 47.8 Å². The Morgan fingerprint density at radius 2 is 1.94 bits per heavy atom. The summed E-state index contributed by atoms with van der Waals surface area (Å²) < 4.78 is 11.1. The average molecular weight is 437 g/mol. The lowest BCUT2D eigenvalue weighted by Gasteiger charge is -2.20. The number of aromatic nitrogens is 5. The lowest BCUT2D eigenvalue weighted by molar-refractivity contribution is 0.0585. The molecule has 0 unspecified atom stereocenters. The quantitative estimate of drug-likeness (QED) is 0.375. The standard InChI is InChI=1S/C23H28N6O3/c1-17-3-5-20(6-4-17)15-32-27-18(2)21-7-8-23(24-13-21)31-16-22-25-28-29(26-22)14-19-9-11-30-12-10-19/h3-8,13,19H,9-12,14-16H2,1-2H3/b27-18+. The largest absolute Gasteiger partial charge is 0.469 e. The maximum absolute atomic E-state index is 5.70. The van der Waals surface area contributed by atoms with Crippen molar-refractivity contribution >= 4 is 5.71 Å². The molecular formula is C23H28N6O3. The summed E-state index contributed by atoms with van der Waals surface area (Å²) in [6, 6.07) is 11.9. The van der Waals surface area contributed by atoms with Gasteiger partial charge in [-0.25, -0.2) is 4.98 Å². The molecule has 0 spiro atoms. The van der Waals surface area contributed by atoms with E-state index in [1.165, 1.54) is 5.56 Å². The number of benzene rings is 1. The number of oxime groups is 1. The van der Waals surface area contributed by atoms with Crippen LogP contribution in [0.25, 0.3) is 0 Å². The van der Waals surface area contributed by atoms with Crippen LogP contribution in [0.3, 0.4) is 0 Å². The fourth-order valence-corrected chi connectivity index (χ4v) is 3.33. The Morgan fingerprint density at radius 1 is 1.12 bits per heavy atom. The Hall–Kier alpha value is -3.33. The van der Waals surface area contributed by atoms with Crippen LogP contribution in [0.2, 0.25) is 0 Å². The highest BCUT2D eigenvalue weighted by atomic mass is 16.6. The van der Waals surface area contributed by atoms with Crippen molar-refractivity contribution in [3.05, 3.63) is 65.1 Å². The average Bonchev–Trinajstić information content (AvgIpc) is 3.27. The molecule has 0 saturated carbocycles. The fourth-order valence-electron chi connectivity index (χ4n) is 3.33. The highest BCUT2D eigenvalue weighted by Crippen LogP contribution is 2.16. The summed E-state index contributed by atoms with van der Waals surface area (Å²) in [5.41, 5.74) is 3.90. The minimum absolute atomic E-state index is 0.215. The number of ether oxygens (including phenoxy) is 2. The van der Waals surface area contributed by atoms with Crippen LogP contribution in [0.4, 0.5) is 0 Å². The first kappa shape index (κ1) is 21.9. The Morgan fingerprint density at radius 3 is 2.69 bits per heavy atom. The predicted octanol–water partition coefficient (Wildman–Crippen LogP) is 3.32. The number of hydrogen-bond donors (Lipinski definition) is 0. The summed E-state index contributed by atoms with van der Waals surface area (Å²) in [4.78, 5) is 11.4. The SMILES string of the molecule is C/C(=N\OCc1ccc(C)cc1)c1ccc(OCc2nnn(CC3CCOCC3)n2)nc1. The normalized spacial score (nSPS) is 15.0. The van der Waals surface area contributed by atoms with Crippen molar-refractivity contribution in [2.24, 2.45) is 11.1 Å². The molecule has 4 rings (SSSR count). The lowest BCUT2D eigenvalue weighted by Crippen LogP contribution is -2.21. The number of tetrazole rings is 1. The number of hydrogen-bond acceptors (Lipinski definition) is 8. The third-order valence-electron chi connectivity index (χ3n) is 5.31. The van der Waals surface area contributed by atoms with Gasteiger partial charge in [0, 0.05) is 31.0 Å². The van der Waals surface area contributed by atoms with E-state index in [4.69, 9.17) is 14.3 Å². The van der Waals surface area contributed by atoms with E-state index >= 15 is 0 Å². The molecule has 32 heavy (non-hydrogen) atoms. The van der Waals surface area contributed by atoms with Crippen LogP contribution in [-0.4, -0.2) is 44.1 Å². The predicted molar refractivity (Wildman–Crippen MR) is 118 cm³/mol. The van der Waals surface area contributed by atoms with E-state index in [2.05, 4.69) is 44.6 Å². The van der Waals surface area contributed by atoms with Crippen molar-refractivity contribution in [3.8, 4) is 5.88 Å². The van der Waals surface area contributed by atoms with E-state index in [-0.39, 0.29) is 6.61 Å². The second-order valence-electron chi connectivity index (χ2n) is 7.93. The molecule has 9 heteroatoms. The van der Waals surface area contributed by atoms with E-state index in [1.807, 2.05) is 25.1 Å². The molecule has 0 amide bonds. The second-order valence-corrected chi connectivity index (χ2v) is 7.93. The zero-order valence-corrected chi connectivity index (χ0v) is 18.5. The Kier molecular flexibility index (Phi) is 7.39. The van der Waals surface area contributed by atoms with E-state index in [9.17, 15) is 0 Å². The van der Waals surface area contributed by atoms with E-state index < -0.39 is 0 Å². The van der Waals surface area contributed by atoms with Crippen LogP contribution in [0.1, 0.15) is 42.3 Å². The fraction of sp³-hybridized carbons (Fsp3) is 0.435. The molecule has 1 aromatic carbocycles. The van der Waals surface area contributed by atoms with Crippen molar-refractivity contribution < 1.29 is 14.3 Å². The molecule has 0 N–H and O–H groups in total. The van der Waals surface area contributed by atoms with E-state index in [0.29, 0.717) is 24.2 Å². The van der Waals surface area contributed by atoms with Gasteiger partial charge in [0.1, 0.15) is 6.61 Å². The van der Waals surface area contributed by atoms with Crippen molar-refractivity contribution in [2.45, 2.75) is 46.4 Å². The summed E-state index contributed by atoms with van der Waals surface area (Å²) in [5.74, 6) is 1.56. The van der Waals surface area contributed by atoms with Gasteiger partial charge in [-0.15, -0.1) is 10.2 Å². The molecule has 0 bridgehead atoms. The van der Waals surface area contributed by atoms with Gasteiger partial charge in [-0.3, -0.25) is 0 Å². The molecule has 2 aromatic heterocycles. The van der Waals surface area contributed by atoms with Gasteiger partial charge in [-0.05, 0) is 49.5 Å². The van der Waals surface area contributed by atoms with Gasteiger partial charge < -0.3 is 14.3 Å². The maximum Gasteiger partial charge on any atom is 0.213 e. The summed E-state index contributed by atoms with van der Waals surface area (Å²) >= 11 is 0. The van der Waals surface area contributed by atoms with Crippen LogP contribution in [0, 0.1) is 12.8 Å². The second kappa shape index (κ2) is 10.8. The topological polar surface area (TPSA) is 96.5 Å². The third-order valence-corrected chi connectivity index (χ3v) is 5.31. The van der Waals surface area contributed by atoms with Crippen molar-refractivity contribution in [2.75, 3.05) is 13.2 Å². The lowest BCUT2D eigenvalue weighted by atomic mass is 10.0. The Balaban J connectivity index is 1.24. The zero-order chi connectivity index (χ0) is 22.2. The highest BCUT2D eigenvalue weighted by Gasteiger charge is 2.16. The third kappa shape index (κ3) is 6.34. The molecule has 3 heterocycles. The first-order valence-electron chi connectivity index (χ1n) is 10.8. The molecule has 1 fully saturated rings. The minimum atomic E-state index is 0.215. The zero-order valence-electron chi connectivity index (χ0n) is 18.5. The molecule has 1 aliphatic rings. The monoisotopic (exact) mass is 436 g/mol. The molecule has 9 nitrogen and oxygen atoms in total. The number of pyridine rings is 1. The first-order chi connectivity index (χ1) is 15.7. The smallest absolute Gasteiger partial charge is 0.213 e. The minimum Gasteiger partial charge on any atom is -0.469 e. The van der Waals surface area contributed by atoms with Gasteiger partial charge in [-0.2, -0.15) is 4.80 Å². The summed E-state index contributed by atoms with van der Waals surface area (Å²) in [7, 11) is 0. The molecular weight excluding hydrogens is 408 g/mol. The summed E-state index contributed by atoms with van der Waals surface area (Å²) in [6.07, 6.45) is 3.77. The molecule has 168 valence electrons. The van der Waals surface area contributed by atoms with E-state index in [1.54, 1.807) is 17.1 Å². The van der Waals surface area contributed by atoms with Gasteiger partial charge in [-0.1, -0.05) is 35.0 Å². The number of nitrogens with zero attached hydrogens (tertiary/aromatic N) is 6. The summed E-state index contributed by atoms with van der Waals surface area (Å²) in [6.45, 7) is 6.95. The highest BCUT2D eigenvalue weighted by molar-refractivity contribution is 5.98. The van der Waals surface area contributed by atoms with Crippen LogP contribution < -0.4 is 4.74 Å². The maximum atomic E-state index is 5.70. The van der Waals surface area contributed by atoms with Gasteiger partial charge in [0.2, 0.25) is 11.7 Å². The van der Waals surface area contributed by atoms with Crippen LogP contribution in [0.5, 0.6) is 5.88 Å². The van der Waals surface area contributed by atoms with Gasteiger partial charge in [0.25, 0.3) is 0 Å². The molecule has 0 atom stereocenters. The molecule has 0 aliphatic carbocycles. The summed E-state index contributed by atoms with van der Waals surface area (Å²) in [5, 5.41) is 16.8. The molecule has 1 aliphatic heterocycles. The van der Waals surface area contributed by atoms with Crippen LogP contribution in [-0.2, 0) is 29.3 Å². The Bertz CT molecular complexity index is 1010. The Labute approximate surface area is 187 Å². The van der Waals surface area contributed by atoms with Crippen molar-refractivity contribution in [1.82, 2.24) is 25.2 Å². The van der Waals surface area contributed by atoms with Crippen molar-refractivity contribution in [1.29, 1.82) is 0 Å². The van der Waals surface area contributed by atoms with E-state index in [0.717, 1.165) is 49.4 Å². The first-order valence-corrected chi connectivity index (χ1v) is 10.8.